The fourth-order valence-electron chi connectivity index (χ4n) is 2.85. The lowest BCUT2D eigenvalue weighted by atomic mass is 10.0. The van der Waals surface area contributed by atoms with Crippen molar-refractivity contribution < 1.29 is 19.1 Å². The summed E-state index contributed by atoms with van der Waals surface area (Å²) in [7, 11) is 1.60. The molecule has 0 fully saturated rings. The molecule has 2 N–H and O–H groups in total. The summed E-state index contributed by atoms with van der Waals surface area (Å²) in [5.41, 5.74) is 1.99. The quantitative estimate of drug-likeness (QED) is 0.811. The molecule has 0 spiro atoms. The second-order valence-electron chi connectivity index (χ2n) is 5.91. The number of ether oxygens (including phenoxy) is 2. The number of anilines is 1. The van der Waals surface area contributed by atoms with Crippen LogP contribution in [-0.4, -0.2) is 31.6 Å². The number of hydrogen-bond donors (Lipinski definition) is 2. The van der Waals surface area contributed by atoms with Crippen LogP contribution in [0, 0.1) is 0 Å². The average Bonchev–Trinajstić information content (AvgIpc) is 2.67. The van der Waals surface area contributed by atoms with Crippen LogP contribution in [0.4, 0.5) is 5.69 Å². The van der Waals surface area contributed by atoms with Gasteiger partial charge in [0.2, 0.25) is 5.91 Å². The molecule has 26 heavy (non-hydrogen) atoms. The fraction of sp³-hybridized carbons (Fsp3) is 0.200. The molecule has 1 atom stereocenters. The van der Waals surface area contributed by atoms with Crippen molar-refractivity contribution in [3.63, 3.8) is 0 Å². The number of fused-ring (bicyclic) bond motifs is 1. The number of carbonyl (C=O) groups excluding carboxylic acids is 2. The van der Waals surface area contributed by atoms with Gasteiger partial charge in [0.25, 0.3) is 5.91 Å². The van der Waals surface area contributed by atoms with Crippen LogP contribution in [-0.2, 0) is 11.2 Å². The topological polar surface area (TPSA) is 76.7 Å². The minimum absolute atomic E-state index is 0.145. The summed E-state index contributed by atoms with van der Waals surface area (Å²) in [6.07, 6.45) is 1.84. The highest BCUT2D eigenvalue weighted by molar-refractivity contribution is 6.00. The first-order valence-corrected chi connectivity index (χ1v) is 8.23. The highest BCUT2D eigenvalue weighted by Gasteiger charge is 2.24. The van der Waals surface area contributed by atoms with Crippen molar-refractivity contribution in [3.8, 4) is 11.5 Å². The maximum atomic E-state index is 12.5. The van der Waals surface area contributed by atoms with E-state index in [9.17, 15) is 9.59 Å². The first-order chi connectivity index (χ1) is 12.6. The molecule has 134 valence electrons. The van der Waals surface area contributed by atoms with Gasteiger partial charge in [0, 0.05) is 16.8 Å². The second kappa shape index (κ2) is 7.74. The third kappa shape index (κ3) is 3.85. The average molecular weight is 352 g/mol. The van der Waals surface area contributed by atoms with Gasteiger partial charge in [-0.2, -0.15) is 0 Å². The van der Waals surface area contributed by atoms with Crippen molar-refractivity contribution in [2.45, 2.75) is 12.5 Å². The fourth-order valence-corrected chi connectivity index (χ4v) is 2.85. The van der Waals surface area contributed by atoms with Crippen LogP contribution < -0.4 is 20.1 Å². The third-order valence-electron chi connectivity index (χ3n) is 4.09. The van der Waals surface area contributed by atoms with Crippen molar-refractivity contribution >= 4 is 17.5 Å². The van der Waals surface area contributed by atoms with Crippen LogP contribution in [0.15, 0.2) is 55.1 Å². The van der Waals surface area contributed by atoms with E-state index in [1.54, 1.807) is 31.4 Å². The molecule has 0 bridgehead atoms. The van der Waals surface area contributed by atoms with Gasteiger partial charge in [0.15, 0.2) is 11.5 Å². The van der Waals surface area contributed by atoms with Gasteiger partial charge in [-0.25, -0.2) is 0 Å². The largest absolute Gasteiger partial charge is 0.493 e. The molecule has 6 heteroatoms. The van der Waals surface area contributed by atoms with Gasteiger partial charge < -0.3 is 20.1 Å². The van der Waals surface area contributed by atoms with Crippen LogP contribution in [0.3, 0.4) is 0 Å². The number of para-hydroxylation sites is 1. The molecular formula is C20H20N2O4. The van der Waals surface area contributed by atoms with E-state index < -0.39 is 0 Å². The van der Waals surface area contributed by atoms with Crippen LogP contribution in [0.5, 0.6) is 11.5 Å². The third-order valence-corrected chi connectivity index (χ3v) is 4.09. The summed E-state index contributed by atoms with van der Waals surface area (Å²) in [6.45, 7) is 3.78. The molecule has 1 unspecified atom stereocenters. The number of carbonyl (C=O) groups is 2. The molecule has 0 saturated heterocycles. The summed E-state index contributed by atoms with van der Waals surface area (Å²) in [6, 6.07) is 12.3. The Hall–Kier alpha value is -3.28. The van der Waals surface area contributed by atoms with Gasteiger partial charge in [0.1, 0.15) is 6.61 Å². The van der Waals surface area contributed by atoms with Gasteiger partial charge in [-0.05, 0) is 36.8 Å². The zero-order valence-corrected chi connectivity index (χ0v) is 14.5. The summed E-state index contributed by atoms with van der Waals surface area (Å²) < 4.78 is 11.1. The minimum Gasteiger partial charge on any atom is -0.493 e. The summed E-state index contributed by atoms with van der Waals surface area (Å²) in [5.74, 6) is 0.876. The Morgan fingerprint density at radius 3 is 2.85 bits per heavy atom. The van der Waals surface area contributed by atoms with Gasteiger partial charge in [-0.15, -0.1) is 0 Å². The van der Waals surface area contributed by atoms with Gasteiger partial charge in [0.05, 0.1) is 13.2 Å². The normalized spacial score (nSPS) is 15.2. The molecule has 2 aromatic rings. The molecular weight excluding hydrogens is 332 g/mol. The first-order valence-electron chi connectivity index (χ1n) is 8.23. The van der Waals surface area contributed by atoms with E-state index in [1.807, 2.05) is 18.2 Å². The molecule has 1 aliphatic rings. The second-order valence-corrected chi connectivity index (χ2v) is 5.91. The standard InChI is InChI=1S/C20H20N2O4/c1-3-18(23)21-15-8-4-7-14(11-15)20(24)22-16-10-13-6-5-9-17(25-2)19(13)26-12-16/h3-9,11,16H,1,10,12H2,2H3,(H,21,23)(H,22,24). The van der Waals surface area contributed by atoms with E-state index in [4.69, 9.17) is 9.47 Å². The van der Waals surface area contributed by atoms with E-state index in [0.717, 1.165) is 11.3 Å². The smallest absolute Gasteiger partial charge is 0.251 e. The van der Waals surface area contributed by atoms with E-state index >= 15 is 0 Å². The molecule has 0 radical (unpaired) electrons. The summed E-state index contributed by atoms with van der Waals surface area (Å²) in [4.78, 5) is 23.9. The van der Waals surface area contributed by atoms with Crippen LogP contribution >= 0.6 is 0 Å². The Morgan fingerprint density at radius 2 is 2.08 bits per heavy atom. The monoisotopic (exact) mass is 352 g/mol. The molecule has 0 aromatic heterocycles. The Balaban J connectivity index is 1.68. The Labute approximate surface area is 151 Å². The predicted molar refractivity (Wildman–Crippen MR) is 98.7 cm³/mol. The molecule has 0 saturated carbocycles. The van der Waals surface area contributed by atoms with Crippen molar-refractivity contribution in [1.82, 2.24) is 5.32 Å². The molecule has 2 amide bonds. The van der Waals surface area contributed by atoms with Crippen LogP contribution in [0.25, 0.3) is 0 Å². The molecule has 1 heterocycles. The van der Waals surface area contributed by atoms with Crippen molar-refractivity contribution in [2.75, 3.05) is 19.0 Å². The number of rotatable bonds is 5. The van der Waals surface area contributed by atoms with Gasteiger partial charge >= 0.3 is 0 Å². The number of benzene rings is 2. The SMILES string of the molecule is C=CC(=O)Nc1cccc(C(=O)NC2COc3c(cccc3OC)C2)c1. The summed E-state index contributed by atoms with van der Waals surface area (Å²) >= 11 is 0. The number of amides is 2. The van der Waals surface area contributed by atoms with Crippen LogP contribution in [0.2, 0.25) is 0 Å². The van der Waals surface area contributed by atoms with Crippen molar-refractivity contribution in [1.29, 1.82) is 0 Å². The zero-order chi connectivity index (χ0) is 18.5. The lowest BCUT2D eigenvalue weighted by molar-refractivity contribution is -0.111. The minimum atomic E-state index is -0.325. The molecule has 2 aromatic carbocycles. The van der Waals surface area contributed by atoms with E-state index in [-0.39, 0.29) is 17.9 Å². The number of hydrogen-bond acceptors (Lipinski definition) is 4. The molecule has 6 nitrogen and oxygen atoms in total. The van der Waals surface area contributed by atoms with Crippen LogP contribution in [0.1, 0.15) is 15.9 Å². The van der Waals surface area contributed by atoms with Crippen molar-refractivity contribution in [2.24, 2.45) is 0 Å². The number of nitrogens with one attached hydrogen (secondary N) is 2. The Kier molecular flexibility index (Phi) is 5.22. The predicted octanol–water partition coefficient (Wildman–Crippen LogP) is 2.55. The molecule has 0 aliphatic carbocycles. The molecule has 1 aliphatic heterocycles. The highest BCUT2D eigenvalue weighted by atomic mass is 16.5. The molecule has 3 rings (SSSR count). The lowest BCUT2D eigenvalue weighted by Crippen LogP contribution is -2.42. The van der Waals surface area contributed by atoms with E-state index in [0.29, 0.717) is 30.0 Å². The lowest BCUT2D eigenvalue weighted by Gasteiger charge is -2.27. The Morgan fingerprint density at radius 1 is 1.27 bits per heavy atom. The van der Waals surface area contributed by atoms with Gasteiger partial charge in [-0.3, -0.25) is 9.59 Å². The highest BCUT2D eigenvalue weighted by Crippen LogP contribution is 2.34. The maximum absolute atomic E-state index is 12.5. The van der Waals surface area contributed by atoms with E-state index in [2.05, 4.69) is 17.2 Å². The van der Waals surface area contributed by atoms with Crippen molar-refractivity contribution in [3.05, 3.63) is 66.2 Å². The van der Waals surface area contributed by atoms with E-state index in [1.165, 1.54) is 6.08 Å². The summed E-state index contributed by atoms with van der Waals surface area (Å²) in [5, 5.41) is 5.61. The number of methoxy groups -OCH3 is 1. The maximum Gasteiger partial charge on any atom is 0.251 e. The Bertz CT molecular complexity index is 847. The van der Waals surface area contributed by atoms with Gasteiger partial charge in [-0.1, -0.05) is 24.8 Å². The first kappa shape index (κ1) is 17.5. The zero-order valence-electron chi connectivity index (χ0n) is 14.5.